The van der Waals surface area contributed by atoms with E-state index in [0.717, 1.165) is 37.6 Å². The fourth-order valence-corrected chi connectivity index (χ4v) is 1.99. The second-order valence-electron chi connectivity index (χ2n) is 4.88. The molecule has 5 heteroatoms. The van der Waals surface area contributed by atoms with Gasteiger partial charge in [-0.25, -0.2) is 9.97 Å². The van der Waals surface area contributed by atoms with Gasteiger partial charge in [0.25, 0.3) is 0 Å². The molecule has 2 heterocycles. The molecule has 0 spiro atoms. The Morgan fingerprint density at radius 3 is 2.59 bits per heavy atom. The fourth-order valence-electron chi connectivity index (χ4n) is 1.99. The third-order valence-corrected chi connectivity index (χ3v) is 3.05. The van der Waals surface area contributed by atoms with Crippen LogP contribution in [-0.2, 0) is 0 Å². The van der Waals surface area contributed by atoms with Gasteiger partial charge in [0.15, 0.2) is 0 Å². The molecule has 0 aliphatic carbocycles. The van der Waals surface area contributed by atoms with E-state index >= 15 is 0 Å². The van der Waals surface area contributed by atoms with E-state index in [1.54, 1.807) is 0 Å². The summed E-state index contributed by atoms with van der Waals surface area (Å²) in [6, 6.07) is 1.81. The van der Waals surface area contributed by atoms with E-state index in [0.29, 0.717) is 5.82 Å². The highest BCUT2D eigenvalue weighted by Gasteiger charge is 2.19. The lowest BCUT2D eigenvalue weighted by Crippen LogP contribution is -2.36. The van der Waals surface area contributed by atoms with Crippen LogP contribution in [0.3, 0.4) is 0 Å². The van der Waals surface area contributed by atoms with Gasteiger partial charge in [0, 0.05) is 25.1 Å². The topological polar surface area (TPSA) is 75.3 Å². The Hall–Kier alpha value is -1.36. The average molecular weight is 236 g/mol. The van der Waals surface area contributed by atoms with E-state index in [9.17, 15) is 5.11 Å². The van der Waals surface area contributed by atoms with Gasteiger partial charge in [-0.1, -0.05) is 13.8 Å². The van der Waals surface area contributed by atoms with E-state index in [-0.39, 0.29) is 12.0 Å². The first-order valence-corrected chi connectivity index (χ1v) is 6.13. The summed E-state index contributed by atoms with van der Waals surface area (Å²) < 4.78 is 0. The molecule has 1 aromatic rings. The first kappa shape index (κ1) is 12.1. The van der Waals surface area contributed by atoms with Crippen molar-refractivity contribution in [2.75, 3.05) is 23.7 Å². The van der Waals surface area contributed by atoms with Gasteiger partial charge in [0.1, 0.15) is 17.5 Å². The molecule has 0 amide bonds. The maximum atomic E-state index is 9.49. The zero-order valence-electron chi connectivity index (χ0n) is 10.4. The van der Waals surface area contributed by atoms with Crippen LogP contribution in [0.4, 0.5) is 11.6 Å². The van der Waals surface area contributed by atoms with Crippen molar-refractivity contribution in [2.45, 2.75) is 38.7 Å². The van der Waals surface area contributed by atoms with E-state index in [1.165, 1.54) is 0 Å². The molecule has 1 saturated heterocycles. The summed E-state index contributed by atoms with van der Waals surface area (Å²) in [7, 11) is 0. The third-order valence-electron chi connectivity index (χ3n) is 3.05. The molecule has 1 aromatic heterocycles. The molecule has 17 heavy (non-hydrogen) atoms. The summed E-state index contributed by atoms with van der Waals surface area (Å²) in [5, 5.41) is 9.49. The van der Waals surface area contributed by atoms with Crippen molar-refractivity contribution in [1.29, 1.82) is 0 Å². The van der Waals surface area contributed by atoms with Crippen molar-refractivity contribution in [3.05, 3.63) is 11.9 Å². The average Bonchev–Trinajstić information content (AvgIpc) is 2.29. The SMILES string of the molecule is CC(C)c1nc(N)cc(N2CCC(O)CC2)n1. The fraction of sp³-hybridized carbons (Fsp3) is 0.667. The number of aliphatic hydroxyl groups is 1. The number of nitrogen functional groups attached to an aromatic ring is 1. The number of nitrogens with zero attached hydrogens (tertiary/aromatic N) is 3. The molecule has 5 nitrogen and oxygen atoms in total. The van der Waals surface area contributed by atoms with E-state index < -0.39 is 0 Å². The van der Waals surface area contributed by atoms with Crippen LogP contribution in [-0.4, -0.2) is 34.3 Å². The molecule has 2 rings (SSSR count). The van der Waals surface area contributed by atoms with Crippen molar-refractivity contribution in [3.63, 3.8) is 0 Å². The highest BCUT2D eigenvalue weighted by molar-refractivity contribution is 5.47. The summed E-state index contributed by atoms with van der Waals surface area (Å²) in [5.41, 5.74) is 5.80. The van der Waals surface area contributed by atoms with Crippen molar-refractivity contribution in [2.24, 2.45) is 0 Å². The van der Waals surface area contributed by atoms with Crippen molar-refractivity contribution in [1.82, 2.24) is 9.97 Å². The predicted octanol–water partition coefficient (Wildman–Crippen LogP) is 1.14. The van der Waals surface area contributed by atoms with Gasteiger partial charge >= 0.3 is 0 Å². The van der Waals surface area contributed by atoms with Crippen LogP contribution in [0.2, 0.25) is 0 Å². The summed E-state index contributed by atoms with van der Waals surface area (Å²) in [6.45, 7) is 5.77. The minimum absolute atomic E-state index is 0.171. The number of aromatic nitrogens is 2. The molecule has 0 saturated carbocycles. The monoisotopic (exact) mass is 236 g/mol. The molecule has 0 atom stereocenters. The smallest absolute Gasteiger partial charge is 0.135 e. The van der Waals surface area contributed by atoms with Crippen LogP contribution in [0.1, 0.15) is 38.4 Å². The second-order valence-corrected chi connectivity index (χ2v) is 4.88. The molecule has 1 aliphatic heterocycles. The lowest BCUT2D eigenvalue weighted by atomic mass is 10.1. The van der Waals surface area contributed by atoms with Gasteiger partial charge < -0.3 is 15.7 Å². The van der Waals surface area contributed by atoms with Crippen LogP contribution < -0.4 is 10.6 Å². The zero-order chi connectivity index (χ0) is 12.4. The summed E-state index contributed by atoms with van der Waals surface area (Å²) in [5.74, 6) is 2.46. The molecule has 1 aliphatic rings. The molecule has 0 bridgehead atoms. The Bertz CT molecular complexity index is 386. The first-order chi connectivity index (χ1) is 8.06. The number of hydrogen-bond donors (Lipinski definition) is 2. The Morgan fingerprint density at radius 2 is 2.00 bits per heavy atom. The molecule has 3 N–H and O–H groups in total. The number of anilines is 2. The zero-order valence-corrected chi connectivity index (χ0v) is 10.4. The van der Waals surface area contributed by atoms with Gasteiger partial charge in [0.05, 0.1) is 6.10 Å². The quantitative estimate of drug-likeness (QED) is 0.805. The Kier molecular flexibility index (Phi) is 3.47. The minimum atomic E-state index is -0.171. The molecular formula is C12H20N4O. The summed E-state index contributed by atoms with van der Waals surface area (Å²) in [6.07, 6.45) is 1.41. The largest absolute Gasteiger partial charge is 0.393 e. The lowest BCUT2D eigenvalue weighted by molar-refractivity contribution is 0.145. The van der Waals surface area contributed by atoms with Crippen LogP contribution in [0.5, 0.6) is 0 Å². The number of hydrogen-bond acceptors (Lipinski definition) is 5. The van der Waals surface area contributed by atoms with Crippen molar-refractivity contribution < 1.29 is 5.11 Å². The van der Waals surface area contributed by atoms with Gasteiger partial charge in [-0.3, -0.25) is 0 Å². The van der Waals surface area contributed by atoms with Crippen LogP contribution in [0.25, 0.3) is 0 Å². The highest BCUT2D eigenvalue weighted by Crippen LogP contribution is 2.21. The van der Waals surface area contributed by atoms with E-state index in [4.69, 9.17) is 5.73 Å². The van der Waals surface area contributed by atoms with Gasteiger partial charge in [-0.05, 0) is 12.8 Å². The third kappa shape index (κ3) is 2.85. The maximum absolute atomic E-state index is 9.49. The lowest BCUT2D eigenvalue weighted by Gasteiger charge is -2.30. The number of piperidine rings is 1. The molecule has 0 unspecified atom stereocenters. The number of rotatable bonds is 2. The number of aliphatic hydroxyl groups excluding tert-OH is 1. The first-order valence-electron chi connectivity index (χ1n) is 6.13. The van der Waals surface area contributed by atoms with Crippen LogP contribution in [0, 0.1) is 0 Å². The standard InChI is InChI=1S/C12H20N4O/c1-8(2)12-14-10(13)7-11(15-12)16-5-3-9(17)4-6-16/h7-9,17H,3-6H2,1-2H3,(H2,13,14,15). The van der Waals surface area contributed by atoms with E-state index in [1.807, 2.05) is 6.07 Å². The highest BCUT2D eigenvalue weighted by atomic mass is 16.3. The molecule has 94 valence electrons. The Labute approximate surface area is 102 Å². The second kappa shape index (κ2) is 4.87. The molecule has 0 aromatic carbocycles. The van der Waals surface area contributed by atoms with Crippen molar-refractivity contribution >= 4 is 11.6 Å². The van der Waals surface area contributed by atoms with Gasteiger partial charge in [0.2, 0.25) is 0 Å². The molecule has 1 fully saturated rings. The Morgan fingerprint density at radius 1 is 1.35 bits per heavy atom. The molecule has 0 radical (unpaired) electrons. The normalized spacial score (nSPS) is 17.8. The summed E-state index contributed by atoms with van der Waals surface area (Å²) >= 11 is 0. The van der Waals surface area contributed by atoms with Gasteiger partial charge in [-0.2, -0.15) is 0 Å². The minimum Gasteiger partial charge on any atom is -0.393 e. The van der Waals surface area contributed by atoms with Crippen LogP contribution in [0.15, 0.2) is 6.07 Å². The van der Waals surface area contributed by atoms with Gasteiger partial charge in [-0.15, -0.1) is 0 Å². The number of nitrogens with two attached hydrogens (primary N) is 1. The summed E-state index contributed by atoms with van der Waals surface area (Å²) in [4.78, 5) is 10.9. The van der Waals surface area contributed by atoms with Crippen molar-refractivity contribution in [3.8, 4) is 0 Å². The predicted molar refractivity (Wildman–Crippen MR) is 68.0 cm³/mol. The van der Waals surface area contributed by atoms with Crippen LogP contribution >= 0.6 is 0 Å². The Balaban J connectivity index is 2.20. The van der Waals surface area contributed by atoms with E-state index in [2.05, 4.69) is 28.7 Å². The molecular weight excluding hydrogens is 216 g/mol. The maximum Gasteiger partial charge on any atom is 0.135 e.